The molecule has 1 aromatic carbocycles. The maximum atomic E-state index is 13.1. The zero-order chi connectivity index (χ0) is 13.1. The summed E-state index contributed by atoms with van der Waals surface area (Å²) in [5.74, 6) is -1.58. The maximum absolute atomic E-state index is 13.1. The summed E-state index contributed by atoms with van der Waals surface area (Å²) in [6.07, 6.45) is 0.311. The van der Waals surface area contributed by atoms with Gasteiger partial charge < -0.3 is 4.74 Å². The van der Waals surface area contributed by atoms with Crippen molar-refractivity contribution >= 4 is 15.9 Å². The van der Waals surface area contributed by atoms with Gasteiger partial charge in [-0.25, -0.2) is 8.78 Å². The van der Waals surface area contributed by atoms with Crippen molar-refractivity contribution in [1.82, 2.24) is 4.90 Å². The van der Waals surface area contributed by atoms with E-state index >= 15 is 0 Å². The van der Waals surface area contributed by atoms with E-state index in [4.69, 9.17) is 4.74 Å². The van der Waals surface area contributed by atoms with E-state index in [2.05, 4.69) is 20.8 Å². The summed E-state index contributed by atoms with van der Waals surface area (Å²) < 4.78 is 31.7. The number of morpholine rings is 1. The van der Waals surface area contributed by atoms with E-state index < -0.39 is 11.6 Å². The Kier molecular flexibility index (Phi) is 4.70. The van der Waals surface area contributed by atoms with Crippen LogP contribution in [0.3, 0.4) is 0 Å². The van der Waals surface area contributed by atoms with Gasteiger partial charge >= 0.3 is 0 Å². The summed E-state index contributed by atoms with van der Waals surface area (Å²) in [5, 5.41) is 0.783. The fraction of sp³-hybridized carbons (Fsp3) is 0.538. The van der Waals surface area contributed by atoms with Gasteiger partial charge in [-0.3, -0.25) is 4.90 Å². The number of alkyl halides is 1. The molecule has 0 aliphatic carbocycles. The summed E-state index contributed by atoms with van der Waals surface area (Å²) in [5.41, 5.74) is 0.788. The van der Waals surface area contributed by atoms with Crippen LogP contribution < -0.4 is 0 Å². The van der Waals surface area contributed by atoms with Crippen molar-refractivity contribution in [3.8, 4) is 0 Å². The van der Waals surface area contributed by atoms with Gasteiger partial charge in [-0.2, -0.15) is 0 Å². The number of ether oxygens (including phenoxy) is 1. The summed E-state index contributed by atoms with van der Waals surface area (Å²) in [6, 6.07) is 4.07. The third kappa shape index (κ3) is 3.49. The molecule has 2 rings (SSSR count). The molecule has 100 valence electrons. The Morgan fingerprint density at radius 2 is 2.11 bits per heavy atom. The largest absolute Gasteiger partial charge is 0.372 e. The molecule has 1 heterocycles. The molecule has 1 aromatic rings. The van der Waals surface area contributed by atoms with Crippen molar-refractivity contribution in [2.75, 3.05) is 18.4 Å². The van der Waals surface area contributed by atoms with Gasteiger partial charge in [0.1, 0.15) is 0 Å². The molecule has 0 bridgehead atoms. The normalized spacial score (nSPS) is 25.3. The Bertz CT molecular complexity index is 416. The minimum absolute atomic E-state index is 0.152. The second-order valence-electron chi connectivity index (χ2n) is 4.67. The number of hydrogen-bond acceptors (Lipinski definition) is 2. The van der Waals surface area contributed by atoms with Crippen molar-refractivity contribution < 1.29 is 13.5 Å². The average molecular weight is 320 g/mol. The molecule has 0 amide bonds. The number of halogens is 3. The van der Waals surface area contributed by atoms with Crippen LogP contribution in [-0.4, -0.2) is 35.5 Å². The first kappa shape index (κ1) is 13.9. The molecule has 5 heteroatoms. The molecule has 1 saturated heterocycles. The van der Waals surface area contributed by atoms with Gasteiger partial charge in [0.25, 0.3) is 0 Å². The predicted molar refractivity (Wildman–Crippen MR) is 69.8 cm³/mol. The van der Waals surface area contributed by atoms with Gasteiger partial charge in [-0.1, -0.05) is 22.0 Å². The van der Waals surface area contributed by atoms with Gasteiger partial charge in [-0.05, 0) is 24.6 Å². The Morgan fingerprint density at radius 1 is 1.33 bits per heavy atom. The van der Waals surface area contributed by atoms with Crippen LogP contribution in [0.15, 0.2) is 18.2 Å². The van der Waals surface area contributed by atoms with Gasteiger partial charge in [-0.15, -0.1) is 0 Å². The lowest BCUT2D eigenvalue weighted by Gasteiger charge is -2.36. The highest BCUT2D eigenvalue weighted by molar-refractivity contribution is 9.09. The summed E-state index contributed by atoms with van der Waals surface area (Å²) in [4.78, 5) is 2.20. The van der Waals surface area contributed by atoms with Crippen molar-refractivity contribution in [1.29, 1.82) is 0 Å². The highest BCUT2D eigenvalue weighted by Crippen LogP contribution is 2.17. The van der Waals surface area contributed by atoms with Crippen molar-refractivity contribution in [3.05, 3.63) is 35.4 Å². The molecule has 0 spiro atoms. The molecule has 2 nitrogen and oxygen atoms in total. The molecule has 2 unspecified atom stereocenters. The van der Waals surface area contributed by atoms with E-state index in [0.717, 1.165) is 24.0 Å². The second-order valence-corrected chi connectivity index (χ2v) is 5.31. The molecular weight excluding hydrogens is 304 g/mol. The van der Waals surface area contributed by atoms with Crippen LogP contribution in [0.1, 0.15) is 12.5 Å². The SMILES string of the molecule is CC1CN(Cc2ccc(F)c(F)c2)CC(CBr)O1. The zero-order valence-corrected chi connectivity index (χ0v) is 11.8. The highest BCUT2D eigenvalue weighted by Gasteiger charge is 2.24. The van der Waals surface area contributed by atoms with Crippen LogP contribution in [0.2, 0.25) is 0 Å². The fourth-order valence-corrected chi connectivity index (χ4v) is 2.61. The number of benzene rings is 1. The monoisotopic (exact) mass is 319 g/mol. The van der Waals surface area contributed by atoms with E-state index in [1.54, 1.807) is 6.07 Å². The van der Waals surface area contributed by atoms with Crippen LogP contribution in [0.4, 0.5) is 8.78 Å². The van der Waals surface area contributed by atoms with E-state index in [1.165, 1.54) is 12.1 Å². The van der Waals surface area contributed by atoms with Gasteiger partial charge in [0.2, 0.25) is 0 Å². The maximum Gasteiger partial charge on any atom is 0.159 e. The van der Waals surface area contributed by atoms with Crippen LogP contribution in [0, 0.1) is 11.6 Å². The van der Waals surface area contributed by atoms with Crippen LogP contribution in [-0.2, 0) is 11.3 Å². The quantitative estimate of drug-likeness (QED) is 0.794. The molecule has 0 aromatic heterocycles. The molecule has 2 atom stereocenters. The van der Waals surface area contributed by atoms with Gasteiger partial charge in [0, 0.05) is 25.0 Å². The molecule has 0 radical (unpaired) electrons. The lowest BCUT2D eigenvalue weighted by Crippen LogP contribution is -2.46. The molecular formula is C13H16BrF2NO. The van der Waals surface area contributed by atoms with E-state index in [-0.39, 0.29) is 12.2 Å². The van der Waals surface area contributed by atoms with E-state index in [9.17, 15) is 8.78 Å². The van der Waals surface area contributed by atoms with Crippen LogP contribution in [0.5, 0.6) is 0 Å². The summed E-state index contributed by atoms with van der Waals surface area (Å²) in [7, 11) is 0. The standard InChI is InChI=1S/C13H16BrF2NO/c1-9-6-17(8-11(5-14)18-9)7-10-2-3-12(15)13(16)4-10/h2-4,9,11H,5-8H2,1H3. The van der Waals surface area contributed by atoms with E-state index in [1.807, 2.05) is 6.92 Å². The van der Waals surface area contributed by atoms with Crippen molar-refractivity contribution in [2.24, 2.45) is 0 Å². The summed E-state index contributed by atoms with van der Waals surface area (Å²) >= 11 is 3.41. The molecule has 0 N–H and O–H groups in total. The van der Waals surface area contributed by atoms with Crippen molar-refractivity contribution in [3.63, 3.8) is 0 Å². The first-order valence-corrected chi connectivity index (χ1v) is 7.08. The second kappa shape index (κ2) is 6.08. The molecule has 18 heavy (non-hydrogen) atoms. The predicted octanol–water partition coefficient (Wildman–Crippen LogP) is 2.95. The Balaban J connectivity index is 2.01. The summed E-state index contributed by atoms with van der Waals surface area (Å²) in [6.45, 7) is 4.25. The van der Waals surface area contributed by atoms with Crippen molar-refractivity contribution in [2.45, 2.75) is 25.7 Å². The lowest BCUT2D eigenvalue weighted by molar-refractivity contribution is -0.0678. The Hall–Kier alpha value is -0.520. The minimum Gasteiger partial charge on any atom is -0.372 e. The molecule has 0 saturated carbocycles. The van der Waals surface area contributed by atoms with Gasteiger partial charge in [0.15, 0.2) is 11.6 Å². The van der Waals surface area contributed by atoms with Crippen LogP contribution >= 0.6 is 15.9 Å². The fourth-order valence-electron chi connectivity index (χ4n) is 2.25. The first-order valence-electron chi connectivity index (χ1n) is 5.96. The van der Waals surface area contributed by atoms with Crippen LogP contribution in [0.25, 0.3) is 0 Å². The Morgan fingerprint density at radius 3 is 2.78 bits per heavy atom. The number of nitrogens with zero attached hydrogens (tertiary/aromatic N) is 1. The topological polar surface area (TPSA) is 12.5 Å². The smallest absolute Gasteiger partial charge is 0.159 e. The number of rotatable bonds is 3. The third-order valence-corrected chi connectivity index (χ3v) is 3.69. The molecule has 1 aliphatic rings. The molecule has 1 aliphatic heterocycles. The first-order chi connectivity index (χ1) is 8.58. The number of hydrogen-bond donors (Lipinski definition) is 0. The Labute approximate surface area is 114 Å². The van der Waals surface area contributed by atoms with E-state index in [0.29, 0.717) is 6.54 Å². The average Bonchev–Trinajstić information content (AvgIpc) is 2.33. The minimum atomic E-state index is -0.799. The lowest BCUT2D eigenvalue weighted by atomic mass is 10.1. The zero-order valence-electron chi connectivity index (χ0n) is 10.2. The molecule has 1 fully saturated rings. The highest BCUT2D eigenvalue weighted by atomic mass is 79.9. The van der Waals surface area contributed by atoms with Gasteiger partial charge in [0.05, 0.1) is 12.2 Å². The third-order valence-electron chi connectivity index (χ3n) is 2.96.